The largest absolute Gasteiger partial charge is 0.495 e. The summed E-state index contributed by atoms with van der Waals surface area (Å²) in [5, 5.41) is 13.2. The van der Waals surface area contributed by atoms with Crippen LogP contribution in [0.3, 0.4) is 0 Å². The molecule has 0 amide bonds. The van der Waals surface area contributed by atoms with Crippen LogP contribution in [0.1, 0.15) is 0 Å². The van der Waals surface area contributed by atoms with Gasteiger partial charge >= 0.3 is 0 Å². The number of nitrogens with zero attached hydrogens (tertiary/aromatic N) is 6. The number of hydrogen-bond donors (Lipinski definition) is 0. The van der Waals surface area contributed by atoms with Gasteiger partial charge in [0.1, 0.15) is 5.75 Å². The van der Waals surface area contributed by atoms with Gasteiger partial charge in [-0.15, -0.1) is 16.9 Å². The van der Waals surface area contributed by atoms with E-state index in [0.717, 1.165) is 55.3 Å². The zero-order chi connectivity index (χ0) is 26.1. The number of ether oxygens (including phenoxy) is 3. The summed E-state index contributed by atoms with van der Waals surface area (Å²) in [6.07, 6.45) is 7.71. The van der Waals surface area contributed by atoms with Gasteiger partial charge in [-0.25, -0.2) is 0 Å². The van der Waals surface area contributed by atoms with E-state index in [9.17, 15) is 0 Å². The minimum absolute atomic E-state index is 0.230. The van der Waals surface area contributed by atoms with E-state index < -0.39 is 0 Å². The second kappa shape index (κ2) is 10.1. The van der Waals surface area contributed by atoms with Crippen molar-refractivity contribution < 1.29 is 14.2 Å². The molecule has 2 aromatic carbocycles. The van der Waals surface area contributed by atoms with Crippen LogP contribution in [-0.4, -0.2) is 40.0 Å². The number of aromatic nitrogens is 4. The quantitative estimate of drug-likeness (QED) is 0.167. The van der Waals surface area contributed by atoms with Crippen molar-refractivity contribution in [3.63, 3.8) is 0 Å². The van der Waals surface area contributed by atoms with Crippen molar-refractivity contribution >= 4 is 29.4 Å². The standard InChI is InChI=1S/C28H24N6O3S/c1-29-32-27-9-5-19(20-12-31-33(2)14-20)15-34(27)16-38-21-6-7-24-22(11-21)28(35-3)23(13-30-24)18-4-8-25-26(10-18)37-17-36-25/h4-15H,1,16-17H2,2-3H3/b32-27-. The van der Waals surface area contributed by atoms with Gasteiger partial charge in [-0.1, -0.05) is 6.07 Å². The van der Waals surface area contributed by atoms with Crippen LogP contribution < -0.4 is 19.7 Å². The van der Waals surface area contributed by atoms with Gasteiger partial charge in [-0.05, 0) is 48.0 Å². The Bertz CT molecular complexity index is 1740. The number of thioether (sulfide) groups is 1. The summed E-state index contributed by atoms with van der Waals surface area (Å²) in [6, 6.07) is 16.0. The first kappa shape index (κ1) is 23.8. The van der Waals surface area contributed by atoms with Crippen molar-refractivity contribution in [3.8, 4) is 39.5 Å². The molecule has 9 nitrogen and oxygen atoms in total. The Kier molecular flexibility index (Phi) is 6.30. The summed E-state index contributed by atoms with van der Waals surface area (Å²) < 4.78 is 20.8. The SMILES string of the molecule is C=N/N=c1/ccc(-c2cnn(C)c2)cn1CSc1ccc2ncc(-c3ccc4c(c3)OCO4)c(OC)c2c1. The molecule has 0 fully saturated rings. The van der Waals surface area contributed by atoms with E-state index in [1.165, 1.54) is 0 Å². The van der Waals surface area contributed by atoms with Crippen LogP contribution >= 0.6 is 11.8 Å². The molecule has 10 heteroatoms. The van der Waals surface area contributed by atoms with Crippen LogP contribution in [-0.2, 0) is 12.9 Å². The second-order valence-corrected chi connectivity index (χ2v) is 9.63. The van der Waals surface area contributed by atoms with Crippen molar-refractivity contribution in [2.24, 2.45) is 17.3 Å². The second-order valence-electron chi connectivity index (χ2n) is 8.62. The normalized spacial score (nSPS) is 12.7. The molecule has 0 saturated carbocycles. The Morgan fingerprint density at radius 3 is 2.68 bits per heavy atom. The van der Waals surface area contributed by atoms with E-state index in [-0.39, 0.29) is 6.79 Å². The summed E-state index contributed by atoms with van der Waals surface area (Å²) in [5.74, 6) is 2.83. The fraction of sp³-hybridized carbons (Fsp3) is 0.143. The molecule has 0 aliphatic carbocycles. The first-order chi connectivity index (χ1) is 18.6. The van der Waals surface area contributed by atoms with Crippen LogP contribution in [0.2, 0.25) is 0 Å². The lowest BCUT2D eigenvalue weighted by atomic mass is 10.0. The molecule has 6 rings (SSSR count). The molecular weight excluding hydrogens is 500 g/mol. The molecule has 0 radical (unpaired) electrons. The van der Waals surface area contributed by atoms with E-state index in [1.54, 1.807) is 23.6 Å². The molecule has 5 aromatic rings. The molecule has 1 aliphatic heterocycles. The molecule has 0 N–H and O–H groups in total. The molecule has 190 valence electrons. The molecular formula is C28H24N6O3S. The zero-order valence-electron chi connectivity index (χ0n) is 20.9. The van der Waals surface area contributed by atoms with Crippen LogP contribution in [0.25, 0.3) is 33.2 Å². The summed E-state index contributed by atoms with van der Waals surface area (Å²) >= 11 is 1.67. The highest BCUT2D eigenvalue weighted by atomic mass is 32.2. The lowest BCUT2D eigenvalue weighted by Gasteiger charge is -2.13. The van der Waals surface area contributed by atoms with Gasteiger partial charge in [0, 0.05) is 59.3 Å². The molecule has 38 heavy (non-hydrogen) atoms. The molecule has 0 unspecified atom stereocenters. The lowest BCUT2D eigenvalue weighted by Crippen LogP contribution is -2.18. The molecule has 0 spiro atoms. The third-order valence-corrected chi connectivity index (χ3v) is 7.26. The van der Waals surface area contributed by atoms with Gasteiger partial charge in [0.15, 0.2) is 17.0 Å². The van der Waals surface area contributed by atoms with Crippen molar-refractivity contribution in [2.45, 2.75) is 10.8 Å². The highest BCUT2D eigenvalue weighted by Gasteiger charge is 2.18. The van der Waals surface area contributed by atoms with Gasteiger partial charge in [0.25, 0.3) is 0 Å². The maximum atomic E-state index is 5.90. The first-order valence-corrected chi connectivity index (χ1v) is 12.8. The maximum absolute atomic E-state index is 5.90. The number of fused-ring (bicyclic) bond motifs is 2. The average Bonchev–Trinajstić information content (AvgIpc) is 3.60. The van der Waals surface area contributed by atoms with E-state index in [4.69, 9.17) is 19.2 Å². The van der Waals surface area contributed by atoms with Gasteiger partial charge in [0.2, 0.25) is 6.79 Å². The minimum Gasteiger partial charge on any atom is -0.495 e. The van der Waals surface area contributed by atoms with E-state index in [2.05, 4.69) is 40.3 Å². The number of benzene rings is 2. The van der Waals surface area contributed by atoms with Crippen LogP contribution in [0.15, 0.2) is 88.4 Å². The number of hydrogen-bond acceptors (Lipinski definition) is 8. The van der Waals surface area contributed by atoms with Gasteiger partial charge in [-0.2, -0.15) is 10.2 Å². The Hall–Kier alpha value is -4.57. The lowest BCUT2D eigenvalue weighted by molar-refractivity contribution is 0.174. The van der Waals surface area contributed by atoms with Gasteiger partial charge in [-0.3, -0.25) is 9.67 Å². The topological polar surface area (TPSA) is 88.1 Å². The molecule has 0 atom stereocenters. The summed E-state index contributed by atoms with van der Waals surface area (Å²) in [4.78, 5) is 5.76. The Labute approximate surface area is 223 Å². The maximum Gasteiger partial charge on any atom is 0.231 e. The Morgan fingerprint density at radius 2 is 1.87 bits per heavy atom. The Morgan fingerprint density at radius 1 is 1.00 bits per heavy atom. The van der Waals surface area contributed by atoms with Crippen LogP contribution in [0.4, 0.5) is 0 Å². The smallest absolute Gasteiger partial charge is 0.231 e. The van der Waals surface area contributed by atoms with Crippen molar-refractivity contribution in [3.05, 3.63) is 78.8 Å². The number of rotatable bonds is 7. The highest BCUT2D eigenvalue weighted by Crippen LogP contribution is 2.41. The van der Waals surface area contributed by atoms with E-state index in [1.807, 2.05) is 66.6 Å². The predicted molar refractivity (Wildman–Crippen MR) is 147 cm³/mol. The zero-order valence-corrected chi connectivity index (χ0v) is 21.7. The van der Waals surface area contributed by atoms with E-state index >= 15 is 0 Å². The number of aryl methyl sites for hydroxylation is 1. The Balaban J connectivity index is 1.34. The third kappa shape index (κ3) is 4.50. The monoisotopic (exact) mass is 524 g/mol. The minimum atomic E-state index is 0.230. The van der Waals surface area contributed by atoms with E-state index in [0.29, 0.717) is 11.4 Å². The average molecular weight is 525 g/mol. The fourth-order valence-electron chi connectivity index (χ4n) is 4.42. The third-order valence-electron chi connectivity index (χ3n) is 6.26. The predicted octanol–water partition coefficient (Wildman–Crippen LogP) is 5.11. The summed E-state index contributed by atoms with van der Waals surface area (Å²) in [7, 11) is 3.58. The summed E-state index contributed by atoms with van der Waals surface area (Å²) in [6.45, 7) is 3.75. The van der Waals surface area contributed by atoms with Crippen LogP contribution in [0, 0.1) is 0 Å². The number of methoxy groups -OCH3 is 1. The molecule has 1 aliphatic rings. The van der Waals surface area contributed by atoms with Crippen molar-refractivity contribution in [2.75, 3.05) is 13.9 Å². The molecule has 3 aromatic heterocycles. The fourth-order valence-corrected chi connectivity index (χ4v) is 5.28. The van der Waals surface area contributed by atoms with Crippen LogP contribution in [0.5, 0.6) is 17.2 Å². The first-order valence-electron chi connectivity index (χ1n) is 11.8. The van der Waals surface area contributed by atoms with Crippen molar-refractivity contribution in [1.29, 1.82) is 0 Å². The summed E-state index contributed by atoms with van der Waals surface area (Å²) in [5.41, 5.74) is 5.47. The van der Waals surface area contributed by atoms with Gasteiger partial charge < -0.3 is 18.8 Å². The van der Waals surface area contributed by atoms with Crippen molar-refractivity contribution in [1.82, 2.24) is 19.3 Å². The molecule has 0 saturated heterocycles. The van der Waals surface area contributed by atoms with Gasteiger partial charge in [0.05, 0.1) is 24.7 Å². The highest BCUT2D eigenvalue weighted by molar-refractivity contribution is 7.98. The number of pyridine rings is 2. The molecule has 4 heterocycles. The molecule has 0 bridgehead atoms.